The highest BCUT2D eigenvalue weighted by Gasteiger charge is 2.39. The number of phenols is 1. The van der Waals surface area contributed by atoms with Crippen LogP contribution in [0.25, 0.3) is 0 Å². The molecule has 1 heterocycles. The summed E-state index contributed by atoms with van der Waals surface area (Å²) in [6, 6.07) is 10.9. The Kier molecular flexibility index (Phi) is 3.37. The lowest BCUT2D eigenvalue weighted by atomic mass is 9.97. The molecule has 6 nitrogen and oxygen atoms in total. The van der Waals surface area contributed by atoms with Gasteiger partial charge in [-0.1, -0.05) is 24.3 Å². The van der Waals surface area contributed by atoms with Crippen molar-refractivity contribution in [1.82, 2.24) is 0 Å². The molecular formula is C17H14N2O4. The number of primary amides is 1. The Hall–Kier alpha value is -3.15. The monoisotopic (exact) mass is 310 g/mol. The molecule has 0 saturated carbocycles. The van der Waals surface area contributed by atoms with Gasteiger partial charge in [0.25, 0.3) is 11.8 Å². The Morgan fingerprint density at radius 2 is 1.61 bits per heavy atom. The second-order valence-electron chi connectivity index (χ2n) is 5.33. The molecule has 0 aromatic heterocycles. The quantitative estimate of drug-likeness (QED) is 0.844. The van der Waals surface area contributed by atoms with Gasteiger partial charge < -0.3 is 10.8 Å². The van der Waals surface area contributed by atoms with Crippen molar-refractivity contribution in [3.63, 3.8) is 0 Å². The highest BCUT2D eigenvalue weighted by molar-refractivity contribution is 6.35. The van der Waals surface area contributed by atoms with Gasteiger partial charge in [-0.2, -0.15) is 0 Å². The van der Waals surface area contributed by atoms with Crippen molar-refractivity contribution in [2.75, 3.05) is 4.90 Å². The third kappa shape index (κ3) is 2.15. The lowest BCUT2D eigenvalue weighted by Gasteiger charge is -2.21. The Morgan fingerprint density at radius 1 is 1.04 bits per heavy atom. The van der Waals surface area contributed by atoms with Crippen LogP contribution in [0.5, 0.6) is 5.75 Å². The highest BCUT2D eigenvalue weighted by atomic mass is 16.3. The Morgan fingerprint density at radius 3 is 2.13 bits per heavy atom. The third-order valence-corrected chi connectivity index (χ3v) is 3.96. The molecule has 2 aromatic carbocycles. The number of imide groups is 1. The summed E-state index contributed by atoms with van der Waals surface area (Å²) in [7, 11) is 0. The number of para-hydroxylation sites is 1. The SMILES string of the molecule is CC(C(N)=O)c1cccc(O)c1N1C(=O)c2ccccc2C1=O. The Bertz CT molecular complexity index is 809. The molecule has 1 aliphatic heterocycles. The normalized spacial score (nSPS) is 14.7. The van der Waals surface area contributed by atoms with Crippen LogP contribution in [0.4, 0.5) is 5.69 Å². The minimum atomic E-state index is -0.763. The molecule has 3 amide bonds. The average molecular weight is 310 g/mol. The zero-order chi connectivity index (χ0) is 16.7. The molecular weight excluding hydrogens is 296 g/mol. The molecule has 3 rings (SSSR count). The third-order valence-electron chi connectivity index (χ3n) is 3.96. The molecule has 0 bridgehead atoms. The Balaban J connectivity index is 2.19. The second kappa shape index (κ2) is 5.24. The molecule has 1 aliphatic rings. The molecule has 6 heteroatoms. The number of fused-ring (bicyclic) bond motifs is 1. The fourth-order valence-corrected chi connectivity index (χ4v) is 2.69. The molecule has 3 N–H and O–H groups in total. The number of anilines is 1. The van der Waals surface area contributed by atoms with Crippen LogP contribution in [0.15, 0.2) is 42.5 Å². The first-order valence-electron chi connectivity index (χ1n) is 7.02. The minimum Gasteiger partial charge on any atom is -0.506 e. The highest BCUT2D eigenvalue weighted by Crippen LogP contribution is 2.39. The maximum absolute atomic E-state index is 12.6. The number of benzene rings is 2. The van der Waals surface area contributed by atoms with Crippen LogP contribution in [0.1, 0.15) is 39.1 Å². The van der Waals surface area contributed by atoms with E-state index in [1.54, 1.807) is 37.3 Å². The van der Waals surface area contributed by atoms with E-state index in [1.807, 2.05) is 0 Å². The lowest BCUT2D eigenvalue weighted by molar-refractivity contribution is -0.119. The van der Waals surface area contributed by atoms with E-state index in [-0.39, 0.29) is 22.6 Å². The largest absolute Gasteiger partial charge is 0.506 e. The molecule has 0 fully saturated rings. The number of nitrogens with zero attached hydrogens (tertiary/aromatic N) is 1. The van der Waals surface area contributed by atoms with Crippen LogP contribution in [0.3, 0.4) is 0 Å². The number of carbonyl (C=O) groups excluding carboxylic acids is 3. The summed E-state index contributed by atoms with van der Waals surface area (Å²) >= 11 is 0. The van der Waals surface area contributed by atoms with Gasteiger partial charge in [-0.25, -0.2) is 4.90 Å². The summed E-state index contributed by atoms with van der Waals surface area (Å²) in [5, 5.41) is 10.2. The molecule has 1 unspecified atom stereocenters. The van der Waals surface area contributed by atoms with Gasteiger partial charge in [0.1, 0.15) is 5.75 Å². The van der Waals surface area contributed by atoms with Crippen LogP contribution in [-0.4, -0.2) is 22.8 Å². The Labute approximate surface area is 132 Å². The maximum atomic E-state index is 12.6. The summed E-state index contributed by atoms with van der Waals surface area (Å²) in [4.78, 5) is 37.6. The predicted octanol–water partition coefficient (Wildman–Crippen LogP) is 1.78. The van der Waals surface area contributed by atoms with Crippen molar-refractivity contribution in [2.24, 2.45) is 5.73 Å². The van der Waals surface area contributed by atoms with Crippen molar-refractivity contribution in [3.05, 3.63) is 59.2 Å². The van der Waals surface area contributed by atoms with E-state index < -0.39 is 23.6 Å². The van der Waals surface area contributed by atoms with Crippen LogP contribution in [0.2, 0.25) is 0 Å². The van der Waals surface area contributed by atoms with Crippen LogP contribution >= 0.6 is 0 Å². The molecule has 0 radical (unpaired) electrons. The van der Waals surface area contributed by atoms with Gasteiger partial charge in [-0.15, -0.1) is 0 Å². The minimum absolute atomic E-state index is 0.00463. The smallest absolute Gasteiger partial charge is 0.266 e. The molecule has 116 valence electrons. The van der Waals surface area contributed by atoms with Crippen molar-refractivity contribution < 1.29 is 19.5 Å². The second-order valence-corrected chi connectivity index (χ2v) is 5.33. The molecule has 0 spiro atoms. The van der Waals surface area contributed by atoms with Gasteiger partial charge >= 0.3 is 0 Å². The average Bonchev–Trinajstić information content (AvgIpc) is 2.79. The first-order chi connectivity index (χ1) is 10.9. The first kappa shape index (κ1) is 14.8. The van der Waals surface area contributed by atoms with E-state index in [4.69, 9.17) is 5.73 Å². The van der Waals surface area contributed by atoms with Gasteiger partial charge in [0.15, 0.2) is 0 Å². The standard InChI is InChI=1S/C17H14N2O4/c1-9(15(18)21)10-7-4-8-13(20)14(10)19-16(22)11-5-2-3-6-12(11)17(19)23/h2-9,20H,1H3,(H2,18,21). The number of phenolic OH excluding ortho intramolecular Hbond substituents is 1. The summed E-state index contributed by atoms with van der Waals surface area (Å²) in [6.07, 6.45) is 0. The molecule has 23 heavy (non-hydrogen) atoms. The zero-order valence-electron chi connectivity index (χ0n) is 12.3. The van der Waals surface area contributed by atoms with Crippen molar-refractivity contribution >= 4 is 23.4 Å². The van der Waals surface area contributed by atoms with E-state index in [1.165, 1.54) is 12.1 Å². The fourth-order valence-electron chi connectivity index (χ4n) is 2.69. The number of carbonyl (C=O) groups is 3. The summed E-state index contributed by atoms with van der Waals surface area (Å²) in [5.41, 5.74) is 6.19. The van der Waals surface area contributed by atoms with Crippen molar-refractivity contribution in [1.29, 1.82) is 0 Å². The summed E-state index contributed by atoms with van der Waals surface area (Å²) in [5.74, 6) is -2.71. The topological polar surface area (TPSA) is 101 Å². The van der Waals surface area contributed by atoms with E-state index in [0.29, 0.717) is 5.56 Å². The van der Waals surface area contributed by atoms with Gasteiger partial charge in [0, 0.05) is 0 Å². The fraction of sp³-hybridized carbons (Fsp3) is 0.118. The number of rotatable bonds is 3. The van der Waals surface area contributed by atoms with Gasteiger partial charge in [-0.3, -0.25) is 14.4 Å². The molecule has 0 aliphatic carbocycles. The number of hydrogen-bond donors (Lipinski definition) is 2. The molecule has 2 aromatic rings. The molecule has 0 saturated heterocycles. The summed E-state index contributed by atoms with van der Waals surface area (Å²) in [6.45, 7) is 1.55. The van der Waals surface area contributed by atoms with E-state index in [2.05, 4.69) is 0 Å². The number of amides is 3. The maximum Gasteiger partial charge on any atom is 0.266 e. The van der Waals surface area contributed by atoms with Gasteiger partial charge in [-0.05, 0) is 30.7 Å². The first-order valence-corrected chi connectivity index (χ1v) is 7.02. The van der Waals surface area contributed by atoms with Crippen molar-refractivity contribution in [3.8, 4) is 5.75 Å². The van der Waals surface area contributed by atoms with Crippen LogP contribution in [-0.2, 0) is 4.79 Å². The van der Waals surface area contributed by atoms with Crippen molar-refractivity contribution in [2.45, 2.75) is 12.8 Å². The van der Waals surface area contributed by atoms with E-state index >= 15 is 0 Å². The van der Waals surface area contributed by atoms with Gasteiger partial charge in [0.2, 0.25) is 5.91 Å². The summed E-state index contributed by atoms with van der Waals surface area (Å²) < 4.78 is 0. The number of aromatic hydroxyl groups is 1. The predicted molar refractivity (Wildman–Crippen MR) is 83.3 cm³/mol. The molecule has 1 atom stereocenters. The zero-order valence-corrected chi connectivity index (χ0v) is 12.3. The van der Waals surface area contributed by atoms with Crippen LogP contribution in [0, 0.1) is 0 Å². The number of nitrogens with two attached hydrogens (primary N) is 1. The van der Waals surface area contributed by atoms with Crippen LogP contribution < -0.4 is 10.6 Å². The van der Waals surface area contributed by atoms with E-state index in [9.17, 15) is 19.5 Å². The van der Waals surface area contributed by atoms with E-state index in [0.717, 1.165) is 4.90 Å². The van der Waals surface area contributed by atoms with Gasteiger partial charge in [0.05, 0.1) is 22.7 Å². The lowest BCUT2D eigenvalue weighted by Crippen LogP contribution is -2.31. The number of hydrogen-bond acceptors (Lipinski definition) is 4.